The third-order valence-corrected chi connectivity index (χ3v) is 4.42. The van der Waals surface area contributed by atoms with E-state index in [4.69, 9.17) is 0 Å². The quantitative estimate of drug-likeness (QED) is 0.483. The van der Waals surface area contributed by atoms with Gasteiger partial charge in [-0.15, -0.1) is 0 Å². The number of hydrogen-bond donors (Lipinski definition) is 1. The second kappa shape index (κ2) is 7.99. The Balaban J connectivity index is 1.51. The highest BCUT2D eigenvalue weighted by atomic mass is 15.3. The van der Waals surface area contributed by atoms with Crippen LogP contribution in [0.15, 0.2) is 47.7 Å². The van der Waals surface area contributed by atoms with Crippen molar-refractivity contribution in [1.82, 2.24) is 20.0 Å². The molecule has 1 saturated carbocycles. The van der Waals surface area contributed by atoms with E-state index in [1.54, 1.807) is 0 Å². The summed E-state index contributed by atoms with van der Waals surface area (Å²) in [6.45, 7) is 1.78. The smallest absolute Gasteiger partial charge is 0.193 e. The lowest BCUT2D eigenvalue weighted by Crippen LogP contribution is -2.38. The van der Waals surface area contributed by atoms with Crippen molar-refractivity contribution >= 4 is 5.96 Å². The molecular formula is C19H27N5. The van der Waals surface area contributed by atoms with Gasteiger partial charge in [0.2, 0.25) is 0 Å². The van der Waals surface area contributed by atoms with Gasteiger partial charge in [-0.2, -0.15) is 5.10 Å². The summed E-state index contributed by atoms with van der Waals surface area (Å²) in [6, 6.07) is 10.2. The summed E-state index contributed by atoms with van der Waals surface area (Å²) in [7, 11) is 3.91. The van der Waals surface area contributed by atoms with E-state index in [2.05, 4.69) is 45.7 Å². The van der Waals surface area contributed by atoms with E-state index in [9.17, 15) is 0 Å². The number of benzene rings is 1. The molecule has 0 spiro atoms. The maximum Gasteiger partial charge on any atom is 0.193 e. The second-order valence-corrected chi connectivity index (χ2v) is 6.54. The zero-order valence-corrected chi connectivity index (χ0v) is 14.7. The number of para-hydroxylation sites is 1. The van der Waals surface area contributed by atoms with Crippen LogP contribution in [-0.2, 0) is 6.54 Å². The zero-order valence-electron chi connectivity index (χ0n) is 14.7. The molecule has 2 aromatic rings. The minimum atomic E-state index is 0.787. The average Bonchev–Trinajstić information content (AvgIpc) is 3.32. The summed E-state index contributed by atoms with van der Waals surface area (Å²) in [5, 5.41) is 7.92. The van der Waals surface area contributed by atoms with Crippen LogP contribution in [0.4, 0.5) is 0 Å². The molecule has 0 bridgehead atoms. The summed E-state index contributed by atoms with van der Waals surface area (Å²) in [5.74, 6) is 1.94. The van der Waals surface area contributed by atoms with Crippen LogP contribution in [0.5, 0.6) is 0 Å². The van der Waals surface area contributed by atoms with Crippen molar-refractivity contribution in [3.63, 3.8) is 0 Å². The molecule has 1 aliphatic rings. The average molecular weight is 325 g/mol. The Morgan fingerprint density at radius 2 is 2.12 bits per heavy atom. The van der Waals surface area contributed by atoms with E-state index in [0.29, 0.717) is 0 Å². The maximum absolute atomic E-state index is 4.46. The van der Waals surface area contributed by atoms with Crippen LogP contribution >= 0.6 is 0 Å². The standard InChI is InChI=1S/C19H27N5/c1-20-19(21-12-6-7-16-10-11-16)23(2)14-17-13-22-24(15-17)18-8-4-3-5-9-18/h3-5,8-9,13,15-16H,6-7,10-12,14H2,1-2H3,(H,20,21). The first-order valence-electron chi connectivity index (χ1n) is 8.77. The van der Waals surface area contributed by atoms with Gasteiger partial charge in [-0.25, -0.2) is 4.68 Å². The fraction of sp³-hybridized carbons (Fsp3) is 0.474. The van der Waals surface area contributed by atoms with Gasteiger partial charge in [0, 0.05) is 38.9 Å². The monoisotopic (exact) mass is 325 g/mol. The lowest BCUT2D eigenvalue weighted by Gasteiger charge is -2.21. The van der Waals surface area contributed by atoms with Crippen LogP contribution in [0.25, 0.3) is 5.69 Å². The molecule has 1 heterocycles. The number of hydrogen-bond acceptors (Lipinski definition) is 2. The first-order valence-corrected chi connectivity index (χ1v) is 8.77. The molecule has 0 atom stereocenters. The SMILES string of the molecule is CN=C(NCCCC1CC1)N(C)Cc1cnn(-c2ccccc2)c1. The highest BCUT2D eigenvalue weighted by molar-refractivity contribution is 5.79. The fourth-order valence-electron chi connectivity index (χ4n) is 2.89. The van der Waals surface area contributed by atoms with Gasteiger partial charge in [-0.05, 0) is 30.9 Å². The highest BCUT2D eigenvalue weighted by Gasteiger charge is 2.20. The van der Waals surface area contributed by atoms with Crippen LogP contribution < -0.4 is 5.32 Å². The third kappa shape index (κ3) is 4.60. The predicted molar refractivity (Wildman–Crippen MR) is 98.4 cm³/mol. The number of nitrogens with one attached hydrogen (secondary N) is 1. The van der Waals surface area contributed by atoms with Crippen LogP contribution in [-0.4, -0.2) is 41.3 Å². The Morgan fingerprint density at radius 1 is 1.33 bits per heavy atom. The molecule has 1 aromatic carbocycles. The number of guanidine groups is 1. The van der Waals surface area contributed by atoms with Crippen molar-refractivity contribution in [2.45, 2.75) is 32.2 Å². The van der Waals surface area contributed by atoms with Crippen LogP contribution in [0.3, 0.4) is 0 Å². The van der Waals surface area contributed by atoms with Gasteiger partial charge in [-0.1, -0.05) is 31.0 Å². The molecule has 0 saturated heterocycles. The fourth-order valence-corrected chi connectivity index (χ4v) is 2.89. The predicted octanol–water partition coefficient (Wildman–Crippen LogP) is 3.07. The van der Waals surface area contributed by atoms with Crippen LogP contribution in [0, 0.1) is 5.92 Å². The van der Waals surface area contributed by atoms with E-state index in [-0.39, 0.29) is 0 Å². The number of nitrogens with zero attached hydrogens (tertiary/aromatic N) is 4. The van der Waals surface area contributed by atoms with Gasteiger partial charge in [-0.3, -0.25) is 4.99 Å². The van der Waals surface area contributed by atoms with E-state index in [1.165, 1.54) is 31.2 Å². The normalized spacial score (nSPS) is 14.7. The zero-order chi connectivity index (χ0) is 16.8. The van der Waals surface area contributed by atoms with E-state index >= 15 is 0 Å². The third-order valence-electron chi connectivity index (χ3n) is 4.42. The molecule has 1 aliphatic carbocycles. The van der Waals surface area contributed by atoms with Crippen LogP contribution in [0.2, 0.25) is 0 Å². The van der Waals surface area contributed by atoms with E-state index < -0.39 is 0 Å². The van der Waals surface area contributed by atoms with Gasteiger partial charge in [0.05, 0.1) is 11.9 Å². The lowest BCUT2D eigenvalue weighted by molar-refractivity contribution is 0.474. The Labute approximate surface area is 144 Å². The minimum absolute atomic E-state index is 0.787. The van der Waals surface area contributed by atoms with Crippen molar-refractivity contribution < 1.29 is 0 Å². The Hall–Kier alpha value is -2.30. The van der Waals surface area contributed by atoms with Crippen molar-refractivity contribution in [1.29, 1.82) is 0 Å². The summed E-state index contributed by atoms with van der Waals surface area (Å²) < 4.78 is 1.91. The minimum Gasteiger partial charge on any atom is -0.356 e. The van der Waals surface area contributed by atoms with Gasteiger partial charge in [0.15, 0.2) is 5.96 Å². The summed E-state index contributed by atoms with van der Waals surface area (Å²) in [6.07, 6.45) is 9.43. The summed E-state index contributed by atoms with van der Waals surface area (Å²) in [5.41, 5.74) is 2.25. The van der Waals surface area contributed by atoms with Gasteiger partial charge in [0.1, 0.15) is 0 Å². The largest absolute Gasteiger partial charge is 0.356 e. The van der Waals surface area contributed by atoms with Gasteiger partial charge < -0.3 is 10.2 Å². The first-order chi connectivity index (χ1) is 11.8. The highest BCUT2D eigenvalue weighted by Crippen LogP contribution is 2.33. The molecule has 24 heavy (non-hydrogen) atoms. The van der Waals surface area contributed by atoms with E-state index in [1.807, 2.05) is 36.1 Å². The van der Waals surface area contributed by atoms with Crippen molar-refractivity contribution in [3.8, 4) is 5.69 Å². The van der Waals surface area contributed by atoms with Crippen molar-refractivity contribution in [2.24, 2.45) is 10.9 Å². The maximum atomic E-state index is 4.46. The molecule has 5 nitrogen and oxygen atoms in total. The second-order valence-electron chi connectivity index (χ2n) is 6.54. The van der Waals surface area contributed by atoms with E-state index in [0.717, 1.165) is 30.7 Å². The molecule has 1 N–H and O–H groups in total. The lowest BCUT2D eigenvalue weighted by atomic mass is 10.2. The molecular weight excluding hydrogens is 298 g/mol. The first kappa shape index (κ1) is 16.6. The number of aliphatic imine (C=N–C) groups is 1. The Kier molecular flexibility index (Phi) is 5.51. The van der Waals surface area contributed by atoms with Gasteiger partial charge in [0.25, 0.3) is 0 Å². The molecule has 0 radical (unpaired) electrons. The molecule has 3 rings (SSSR count). The van der Waals surface area contributed by atoms with Crippen LogP contribution in [0.1, 0.15) is 31.2 Å². The summed E-state index contributed by atoms with van der Waals surface area (Å²) >= 11 is 0. The molecule has 0 unspecified atom stereocenters. The van der Waals surface area contributed by atoms with Crippen molar-refractivity contribution in [2.75, 3.05) is 20.6 Å². The molecule has 0 aliphatic heterocycles. The molecule has 1 fully saturated rings. The summed E-state index contributed by atoms with van der Waals surface area (Å²) in [4.78, 5) is 6.53. The topological polar surface area (TPSA) is 45.5 Å². The van der Waals surface area contributed by atoms with Gasteiger partial charge >= 0.3 is 0 Å². The number of rotatable bonds is 7. The number of aromatic nitrogens is 2. The van der Waals surface area contributed by atoms with Crippen molar-refractivity contribution in [3.05, 3.63) is 48.3 Å². The molecule has 5 heteroatoms. The molecule has 0 amide bonds. The Morgan fingerprint density at radius 3 is 2.83 bits per heavy atom. The molecule has 1 aromatic heterocycles. The molecule has 128 valence electrons. The Bertz CT molecular complexity index is 657.